The minimum atomic E-state index is -0.289. The number of aromatic nitrogens is 1. The number of rotatable bonds is 5. The molecule has 1 fully saturated rings. The van der Waals surface area contributed by atoms with E-state index in [0.29, 0.717) is 17.4 Å². The number of piperazine rings is 1. The highest BCUT2D eigenvalue weighted by molar-refractivity contribution is 7.14. The Morgan fingerprint density at radius 2 is 1.76 bits per heavy atom. The van der Waals surface area contributed by atoms with Gasteiger partial charge in [0.05, 0.1) is 12.2 Å². The highest BCUT2D eigenvalue weighted by Crippen LogP contribution is 2.25. The molecule has 0 aliphatic carbocycles. The number of halogens is 1. The predicted octanol–water partition coefficient (Wildman–Crippen LogP) is 3.42. The van der Waals surface area contributed by atoms with Crippen molar-refractivity contribution in [2.75, 3.05) is 42.9 Å². The summed E-state index contributed by atoms with van der Waals surface area (Å²) >= 11 is 1.35. The molecular formula is C21H21FN4O2S. The van der Waals surface area contributed by atoms with Crippen LogP contribution in [0.3, 0.4) is 0 Å². The minimum absolute atomic E-state index is 0.0944. The van der Waals surface area contributed by atoms with Crippen LogP contribution in [0.2, 0.25) is 0 Å². The number of carbonyl (C=O) groups excluding carboxylic acids is 1. The van der Waals surface area contributed by atoms with Crippen LogP contribution >= 0.6 is 11.3 Å². The zero-order valence-electron chi connectivity index (χ0n) is 15.7. The second-order valence-corrected chi connectivity index (χ2v) is 7.73. The van der Waals surface area contributed by atoms with Crippen LogP contribution in [0.5, 0.6) is 5.75 Å². The van der Waals surface area contributed by atoms with Crippen molar-refractivity contribution >= 4 is 28.1 Å². The SMILES string of the molecule is O=C(CN1CCN(c2ccc(O)cc2)CC1)Nc1nc(-c2ccc(F)cc2)cs1. The van der Waals surface area contributed by atoms with Gasteiger partial charge < -0.3 is 15.3 Å². The molecule has 1 saturated heterocycles. The third-order valence-corrected chi connectivity index (χ3v) is 5.60. The summed E-state index contributed by atoms with van der Waals surface area (Å²) in [4.78, 5) is 21.2. The molecule has 1 aromatic heterocycles. The van der Waals surface area contributed by atoms with Crippen molar-refractivity contribution in [1.82, 2.24) is 9.88 Å². The molecule has 0 radical (unpaired) electrons. The van der Waals surface area contributed by atoms with E-state index in [0.717, 1.165) is 37.4 Å². The number of aromatic hydroxyl groups is 1. The molecule has 0 unspecified atom stereocenters. The lowest BCUT2D eigenvalue weighted by atomic mass is 10.2. The fraction of sp³-hybridized carbons (Fsp3) is 0.238. The van der Waals surface area contributed by atoms with E-state index in [1.807, 2.05) is 17.5 Å². The molecule has 1 aliphatic rings. The zero-order chi connectivity index (χ0) is 20.2. The van der Waals surface area contributed by atoms with Gasteiger partial charge in [-0.1, -0.05) is 0 Å². The Morgan fingerprint density at radius 3 is 2.45 bits per heavy atom. The summed E-state index contributed by atoms with van der Waals surface area (Å²) in [5.41, 5.74) is 2.60. The number of hydrogen-bond donors (Lipinski definition) is 2. The molecular weight excluding hydrogens is 391 g/mol. The molecule has 2 N–H and O–H groups in total. The highest BCUT2D eigenvalue weighted by Gasteiger charge is 2.20. The molecule has 1 amide bonds. The summed E-state index contributed by atoms with van der Waals surface area (Å²) in [5.74, 6) is -0.125. The van der Waals surface area contributed by atoms with Gasteiger partial charge >= 0.3 is 0 Å². The molecule has 2 heterocycles. The molecule has 2 aromatic carbocycles. The highest BCUT2D eigenvalue weighted by atomic mass is 32.1. The van der Waals surface area contributed by atoms with Gasteiger partial charge in [0.1, 0.15) is 11.6 Å². The monoisotopic (exact) mass is 412 g/mol. The van der Waals surface area contributed by atoms with Crippen LogP contribution in [-0.4, -0.2) is 53.6 Å². The molecule has 4 rings (SSSR count). The van der Waals surface area contributed by atoms with Gasteiger partial charge in [0.15, 0.2) is 5.13 Å². The zero-order valence-corrected chi connectivity index (χ0v) is 16.5. The third-order valence-electron chi connectivity index (χ3n) is 4.84. The van der Waals surface area contributed by atoms with Gasteiger partial charge in [-0.3, -0.25) is 9.69 Å². The van der Waals surface area contributed by atoms with Crippen molar-refractivity contribution in [2.45, 2.75) is 0 Å². The van der Waals surface area contributed by atoms with Gasteiger partial charge in [0.2, 0.25) is 5.91 Å². The van der Waals surface area contributed by atoms with Gasteiger partial charge in [-0.15, -0.1) is 11.3 Å². The normalized spacial score (nSPS) is 14.7. The smallest absolute Gasteiger partial charge is 0.240 e. The predicted molar refractivity (Wildman–Crippen MR) is 113 cm³/mol. The summed E-state index contributed by atoms with van der Waals surface area (Å²) in [6.45, 7) is 3.53. The van der Waals surface area contributed by atoms with Crippen LogP contribution in [0, 0.1) is 5.82 Å². The van der Waals surface area contributed by atoms with Crippen LogP contribution in [0.25, 0.3) is 11.3 Å². The summed E-state index contributed by atoms with van der Waals surface area (Å²) in [6.07, 6.45) is 0. The van der Waals surface area contributed by atoms with E-state index < -0.39 is 0 Å². The number of hydrogen-bond acceptors (Lipinski definition) is 6. The first-order valence-corrected chi connectivity index (χ1v) is 10.2. The molecule has 0 bridgehead atoms. The maximum atomic E-state index is 13.0. The first kappa shape index (κ1) is 19.4. The minimum Gasteiger partial charge on any atom is -0.508 e. The Morgan fingerprint density at radius 1 is 1.07 bits per heavy atom. The Kier molecular flexibility index (Phi) is 5.73. The van der Waals surface area contributed by atoms with E-state index in [9.17, 15) is 14.3 Å². The van der Waals surface area contributed by atoms with Crippen molar-refractivity contribution in [3.8, 4) is 17.0 Å². The van der Waals surface area contributed by atoms with Crippen molar-refractivity contribution in [2.24, 2.45) is 0 Å². The van der Waals surface area contributed by atoms with Gasteiger partial charge in [0, 0.05) is 42.8 Å². The lowest BCUT2D eigenvalue weighted by Crippen LogP contribution is -2.48. The van der Waals surface area contributed by atoms with Gasteiger partial charge in [0.25, 0.3) is 0 Å². The van der Waals surface area contributed by atoms with Crippen LogP contribution < -0.4 is 10.2 Å². The molecule has 3 aromatic rings. The first-order valence-electron chi connectivity index (χ1n) is 9.34. The van der Waals surface area contributed by atoms with E-state index in [4.69, 9.17) is 0 Å². The number of nitrogens with one attached hydrogen (secondary N) is 1. The standard InChI is InChI=1S/C21H21FN4O2S/c22-16-3-1-15(2-4-16)19-14-29-21(23-19)24-20(28)13-25-9-11-26(12-10-25)17-5-7-18(27)8-6-17/h1-8,14,27H,9-13H2,(H,23,24,28). The second-order valence-electron chi connectivity index (χ2n) is 6.87. The van der Waals surface area contributed by atoms with E-state index in [1.165, 1.54) is 23.5 Å². The number of phenolic OH excluding ortho intramolecular Hbond substituents is 1. The summed E-state index contributed by atoms with van der Waals surface area (Å²) < 4.78 is 13.0. The average Bonchev–Trinajstić information content (AvgIpc) is 3.18. The van der Waals surface area contributed by atoms with Crippen molar-refractivity contribution in [3.63, 3.8) is 0 Å². The summed E-state index contributed by atoms with van der Waals surface area (Å²) in [5, 5.41) is 14.6. The average molecular weight is 412 g/mol. The summed E-state index contributed by atoms with van der Waals surface area (Å²) in [6, 6.07) is 13.3. The van der Waals surface area contributed by atoms with Crippen LogP contribution in [0.4, 0.5) is 15.2 Å². The molecule has 0 atom stereocenters. The third kappa shape index (κ3) is 4.90. The number of carbonyl (C=O) groups is 1. The Bertz CT molecular complexity index is 967. The number of amides is 1. The fourth-order valence-corrected chi connectivity index (χ4v) is 4.01. The number of thiazole rings is 1. The lowest BCUT2D eigenvalue weighted by Gasteiger charge is -2.35. The largest absolute Gasteiger partial charge is 0.508 e. The molecule has 0 spiro atoms. The second kappa shape index (κ2) is 8.59. The Labute approximate surface area is 172 Å². The van der Waals surface area contributed by atoms with E-state index in [1.54, 1.807) is 24.3 Å². The van der Waals surface area contributed by atoms with Crippen molar-refractivity contribution < 1.29 is 14.3 Å². The fourth-order valence-electron chi connectivity index (χ4n) is 3.27. The van der Waals surface area contributed by atoms with Crippen LogP contribution in [0.15, 0.2) is 53.9 Å². The van der Waals surface area contributed by atoms with E-state index in [-0.39, 0.29) is 17.5 Å². The van der Waals surface area contributed by atoms with Crippen molar-refractivity contribution in [3.05, 3.63) is 59.7 Å². The molecule has 1 aliphatic heterocycles. The number of nitrogens with zero attached hydrogens (tertiary/aromatic N) is 3. The van der Waals surface area contributed by atoms with E-state index in [2.05, 4.69) is 20.1 Å². The molecule has 8 heteroatoms. The first-order chi connectivity index (χ1) is 14.1. The van der Waals surface area contributed by atoms with Gasteiger partial charge in [-0.25, -0.2) is 9.37 Å². The molecule has 150 valence electrons. The maximum Gasteiger partial charge on any atom is 0.240 e. The molecule has 6 nitrogen and oxygen atoms in total. The molecule has 0 saturated carbocycles. The topological polar surface area (TPSA) is 68.7 Å². The summed E-state index contributed by atoms with van der Waals surface area (Å²) in [7, 11) is 0. The number of benzene rings is 2. The van der Waals surface area contributed by atoms with Gasteiger partial charge in [-0.2, -0.15) is 0 Å². The van der Waals surface area contributed by atoms with Crippen molar-refractivity contribution in [1.29, 1.82) is 0 Å². The number of phenols is 1. The Balaban J connectivity index is 1.27. The van der Waals surface area contributed by atoms with Crippen LogP contribution in [-0.2, 0) is 4.79 Å². The molecule has 29 heavy (non-hydrogen) atoms. The van der Waals surface area contributed by atoms with Gasteiger partial charge in [-0.05, 0) is 48.5 Å². The van der Waals surface area contributed by atoms with Crippen LogP contribution in [0.1, 0.15) is 0 Å². The van der Waals surface area contributed by atoms with E-state index >= 15 is 0 Å². The maximum absolute atomic E-state index is 13.0. The Hall–Kier alpha value is -2.97. The lowest BCUT2D eigenvalue weighted by molar-refractivity contribution is -0.117. The quantitative estimate of drug-likeness (QED) is 0.672. The number of anilines is 2.